The van der Waals surface area contributed by atoms with Crippen LogP contribution in [0.25, 0.3) is 43.8 Å². The van der Waals surface area contributed by atoms with E-state index in [1.165, 1.54) is 71.6 Å². The van der Waals surface area contributed by atoms with E-state index in [-0.39, 0.29) is 5.41 Å². The fraction of sp³-hybridized carbons (Fsp3) is 0.149. The highest BCUT2D eigenvalue weighted by Gasteiger charge is 2.34. The van der Waals surface area contributed by atoms with Gasteiger partial charge in [0.2, 0.25) is 0 Å². The van der Waals surface area contributed by atoms with Crippen LogP contribution in [0.5, 0.6) is 0 Å². The molecule has 0 saturated heterocycles. The van der Waals surface area contributed by atoms with Crippen LogP contribution < -0.4 is 4.90 Å². The zero-order chi connectivity index (χ0) is 32.6. The standard InChI is InChI=1S/C47H39NO/c1-2-11-31-47(30-10-1,38-14-4-3-5-15-38)39-22-26-41(27-23-39)48(42-28-29-44-43-16-8-9-17-45(43)49-46(44)33-42)40-24-20-35(21-25-40)37-19-18-34-12-6-7-13-36(34)32-37/h3-9,12-29,32-33H,1-2,10-11,30-31H2. The number of furan rings is 1. The highest BCUT2D eigenvalue weighted by Crippen LogP contribution is 2.45. The molecule has 1 fully saturated rings. The maximum atomic E-state index is 6.37. The molecule has 1 aliphatic carbocycles. The highest BCUT2D eigenvalue weighted by molar-refractivity contribution is 6.06. The van der Waals surface area contributed by atoms with Gasteiger partial charge in [0.05, 0.1) is 0 Å². The number of anilines is 3. The molecule has 2 heteroatoms. The molecule has 0 bridgehead atoms. The predicted molar refractivity (Wildman–Crippen MR) is 206 cm³/mol. The molecule has 0 spiro atoms. The summed E-state index contributed by atoms with van der Waals surface area (Å²) in [4.78, 5) is 2.36. The Morgan fingerprint density at radius 2 is 1.00 bits per heavy atom. The molecule has 238 valence electrons. The largest absolute Gasteiger partial charge is 0.456 e. The first kappa shape index (κ1) is 29.5. The van der Waals surface area contributed by atoms with Crippen molar-refractivity contribution in [2.45, 2.75) is 43.9 Å². The van der Waals surface area contributed by atoms with Gasteiger partial charge < -0.3 is 9.32 Å². The van der Waals surface area contributed by atoms with Crippen LogP contribution in [-0.4, -0.2) is 0 Å². The summed E-state index contributed by atoms with van der Waals surface area (Å²) in [5.74, 6) is 0. The Bertz CT molecular complexity index is 2380. The van der Waals surface area contributed by atoms with Gasteiger partial charge in [-0.25, -0.2) is 0 Å². The Hall–Kier alpha value is -5.60. The van der Waals surface area contributed by atoms with E-state index in [0.717, 1.165) is 39.0 Å². The van der Waals surface area contributed by atoms with Crippen LogP contribution in [0.3, 0.4) is 0 Å². The summed E-state index contributed by atoms with van der Waals surface area (Å²) in [5.41, 5.74) is 10.5. The smallest absolute Gasteiger partial charge is 0.137 e. The van der Waals surface area contributed by atoms with Crippen LogP contribution in [0, 0.1) is 0 Å². The summed E-state index contributed by atoms with van der Waals surface area (Å²) >= 11 is 0. The number of nitrogens with zero attached hydrogens (tertiary/aromatic N) is 1. The van der Waals surface area contributed by atoms with Crippen LogP contribution in [0.4, 0.5) is 17.1 Å². The highest BCUT2D eigenvalue weighted by atomic mass is 16.3. The lowest BCUT2D eigenvalue weighted by Gasteiger charge is -2.35. The fourth-order valence-corrected chi connectivity index (χ4v) is 8.24. The van der Waals surface area contributed by atoms with Gasteiger partial charge in [-0.2, -0.15) is 0 Å². The van der Waals surface area contributed by atoms with Crippen LogP contribution in [0.1, 0.15) is 49.7 Å². The van der Waals surface area contributed by atoms with E-state index >= 15 is 0 Å². The van der Waals surface area contributed by atoms with Crippen molar-refractivity contribution in [3.05, 3.63) is 175 Å². The van der Waals surface area contributed by atoms with Crippen molar-refractivity contribution in [3.8, 4) is 11.1 Å². The number of hydrogen-bond acceptors (Lipinski definition) is 2. The van der Waals surface area contributed by atoms with Crippen molar-refractivity contribution in [1.29, 1.82) is 0 Å². The first-order valence-electron chi connectivity index (χ1n) is 17.7. The van der Waals surface area contributed by atoms with Crippen molar-refractivity contribution in [2.24, 2.45) is 0 Å². The predicted octanol–water partition coefficient (Wildman–Crippen LogP) is 13.5. The minimum atomic E-state index is 0.0514. The molecule has 0 radical (unpaired) electrons. The molecule has 1 aromatic heterocycles. The number of hydrogen-bond donors (Lipinski definition) is 0. The Labute approximate surface area is 288 Å². The van der Waals surface area contributed by atoms with Gasteiger partial charge in [-0.1, -0.05) is 135 Å². The Morgan fingerprint density at radius 1 is 0.408 bits per heavy atom. The number of para-hydroxylation sites is 1. The van der Waals surface area contributed by atoms with Crippen LogP contribution in [-0.2, 0) is 5.41 Å². The summed E-state index contributed by atoms with van der Waals surface area (Å²) in [5, 5.41) is 4.80. The van der Waals surface area contributed by atoms with Gasteiger partial charge in [0.15, 0.2) is 0 Å². The molecular weight excluding hydrogens is 595 g/mol. The lowest BCUT2D eigenvalue weighted by atomic mass is 9.69. The minimum Gasteiger partial charge on any atom is -0.456 e. The molecule has 49 heavy (non-hydrogen) atoms. The maximum absolute atomic E-state index is 6.37. The molecule has 0 amide bonds. The van der Waals surface area contributed by atoms with E-state index in [1.54, 1.807) is 0 Å². The van der Waals surface area contributed by atoms with Crippen LogP contribution in [0.15, 0.2) is 168 Å². The minimum absolute atomic E-state index is 0.0514. The number of rotatable bonds is 6. The molecule has 9 rings (SSSR count). The van der Waals surface area contributed by atoms with Gasteiger partial charge >= 0.3 is 0 Å². The summed E-state index contributed by atoms with van der Waals surface area (Å²) in [7, 11) is 0. The Morgan fingerprint density at radius 3 is 1.78 bits per heavy atom. The molecule has 1 aliphatic rings. The Kier molecular flexibility index (Phi) is 7.50. The van der Waals surface area contributed by atoms with Gasteiger partial charge in [0.25, 0.3) is 0 Å². The maximum Gasteiger partial charge on any atom is 0.137 e. The number of benzene rings is 7. The third kappa shape index (κ3) is 5.38. The normalized spacial score (nSPS) is 14.6. The Balaban J connectivity index is 1.14. The quantitative estimate of drug-likeness (QED) is 0.169. The van der Waals surface area contributed by atoms with Crippen LogP contribution in [0.2, 0.25) is 0 Å². The summed E-state index contributed by atoms with van der Waals surface area (Å²) in [6, 6.07) is 59.8. The van der Waals surface area contributed by atoms with Gasteiger partial charge in [0, 0.05) is 39.3 Å². The van der Waals surface area contributed by atoms with Crippen molar-refractivity contribution in [3.63, 3.8) is 0 Å². The third-order valence-corrected chi connectivity index (χ3v) is 10.8. The van der Waals surface area contributed by atoms with E-state index in [2.05, 4.69) is 157 Å². The van der Waals surface area contributed by atoms with Crippen molar-refractivity contribution < 1.29 is 4.42 Å². The lowest BCUT2D eigenvalue weighted by molar-refractivity contribution is 0.446. The summed E-state index contributed by atoms with van der Waals surface area (Å²) < 4.78 is 6.37. The molecule has 1 saturated carbocycles. The second-order valence-corrected chi connectivity index (χ2v) is 13.6. The van der Waals surface area contributed by atoms with E-state index in [9.17, 15) is 0 Å². The SMILES string of the molecule is c1ccc(C2(c3ccc(N(c4ccc(-c5ccc6ccccc6c5)cc4)c4ccc5c(c4)oc4ccccc45)cc3)CCCCCC2)cc1. The monoisotopic (exact) mass is 633 g/mol. The lowest BCUT2D eigenvalue weighted by Crippen LogP contribution is -2.27. The van der Waals surface area contributed by atoms with Crippen LogP contribution >= 0.6 is 0 Å². The van der Waals surface area contributed by atoms with Gasteiger partial charge in [-0.3, -0.25) is 0 Å². The molecule has 8 aromatic rings. The molecule has 1 heterocycles. The van der Waals surface area contributed by atoms with E-state index in [4.69, 9.17) is 4.42 Å². The molecule has 2 nitrogen and oxygen atoms in total. The van der Waals surface area contributed by atoms with E-state index < -0.39 is 0 Å². The second-order valence-electron chi connectivity index (χ2n) is 13.6. The first-order chi connectivity index (χ1) is 24.2. The molecule has 7 aromatic carbocycles. The van der Waals surface area contributed by atoms with E-state index in [1.807, 2.05) is 12.1 Å². The van der Waals surface area contributed by atoms with Crippen molar-refractivity contribution in [2.75, 3.05) is 4.90 Å². The van der Waals surface area contributed by atoms with Gasteiger partial charge in [0.1, 0.15) is 11.2 Å². The first-order valence-corrected chi connectivity index (χ1v) is 17.7. The second kappa shape index (κ2) is 12.5. The zero-order valence-corrected chi connectivity index (χ0v) is 27.7. The summed E-state index contributed by atoms with van der Waals surface area (Å²) in [6.45, 7) is 0. The third-order valence-electron chi connectivity index (χ3n) is 10.8. The van der Waals surface area contributed by atoms with Gasteiger partial charge in [-0.05, 0) is 94.4 Å². The molecule has 0 unspecified atom stereocenters. The van der Waals surface area contributed by atoms with Gasteiger partial charge in [-0.15, -0.1) is 0 Å². The summed E-state index contributed by atoms with van der Waals surface area (Å²) in [6.07, 6.45) is 7.56. The average Bonchev–Trinajstić information content (AvgIpc) is 3.35. The molecular formula is C47H39NO. The molecule has 0 atom stereocenters. The molecule has 0 aliphatic heterocycles. The molecule has 0 N–H and O–H groups in total. The number of fused-ring (bicyclic) bond motifs is 4. The zero-order valence-electron chi connectivity index (χ0n) is 27.7. The van der Waals surface area contributed by atoms with Crippen molar-refractivity contribution >= 4 is 49.8 Å². The topological polar surface area (TPSA) is 16.4 Å². The van der Waals surface area contributed by atoms with E-state index in [0.29, 0.717) is 0 Å². The fourth-order valence-electron chi connectivity index (χ4n) is 8.24. The average molecular weight is 634 g/mol. The van der Waals surface area contributed by atoms with Crippen molar-refractivity contribution in [1.82, 2.24) is 0 Å².